The maximum atomic E-state index is 6.58. The van der Waals surface area contributed by atoms with Crippen LogP contribution in [-0.4, -0.2) is 19.1 Å². The predicted molar refractivity (Wildman–Crippen MR) is 49.5 cm³/mol. The average molecular weight is 174 g/mol. The Balaban J connectivity index is 3.62. The molecule has 0 aliphatic rings. The summed E-state index contributed by atoms with van der Waals surface area (Å²) in [7, 11) is 0. The van der Waals surface area contributed by atoms with E-state index in [1.165, 1.54) is 6.21 Å². The van der Waals surface area contributed by atoms with Crippen LogP contribution >= 0.6 is 11.6 Å². The zero-order valence-electron chi connectivity index (χ0n) is 6.47. The second-order valence-electron chi connectivity index (χ2n) is 1.89. The number of halogens is 1. The van der Waals surface area contributed by atoms with E-state index in [9.17, 15) is 0 Å². The van der Waals surface area contributed by atoms with Crippen LogP contribution in [0.1, 0.15) is 13.3 Å². The van der Waals surface area contributed by atoms with Gasteiger partial charge in [-0.05, 0) is 6.42 Å². The van der Waals surface area contributed by atoms with Gasteiger partial charge in [-0.15, -0.1) is 0 Å². The van der Waals surface area contributed by atoms with Gasteiger partial charge in [-0.2, -0.15) is 0 Å². The fourth-order valence-corrected chi connectivity index (χ4v) is 0.593. The van der Waals surface area contributed by atoms with Gasteiger partial charge in [0.15, 0.2) is 0 Å². The van der Waals surface area contributed by atoms with E-state index in [1.54, 1.807) is 6.20 Å². The SMILES string of the molecule is CCCN/C=C(Cl)/C=N\C=N. The third-order valence-electron chi connectivity index (χ3n) is 0.907. The molecule has 0 saturated heterocycles. The van der Waals surface area contributed by atoms with Crippen LogP contribution in [-0.2, 0) is 0 Å². The van der Waals surface area contributed by atoms with Gasteiger partial charge in [0, 0.05) is 19.0 Å². The Kier molecular flexibility index (Phi) is 6.73. The van der Waals surface area contributed by atoms with E-state index < -0.39 is 0 Å². The van der Waals surface area contributed by atoms with Gasteiger partial charge in [0.05, 0.1) is 5.03 Å². The highest BCUT2D eigenvalue weighted by molar-refractivity contribution is 6.39. The van der Waals surface area contributed by atoms with Crippen LogP contribution in [0.2, 0.25) is 0 Å². The monoisotopic (exact) mass is 173 g/mol. The van der Waals surface area contributed by atoms with Crippen LogP contribution in [0.15, 0.2) is 16.2 Å². The van der Waals surface area contributed by atoms with Crippen LogP contribution in [0.5, 0.6) is 0 Å². The lowest BCUT2D eigenvalue weighted by Gasteiger charge is -1.94. The Morgan fingerprint density at radius 2 is 2.45 bits per heavy atom. The van der Waals surface area contributed by atoms with Gasteiger partial charge in [0.1, 0.15) is 6.34 Å². The van der Waals surface area contributed by atoms with E-state index in [-0.39, 0.29) is 0 Å². The summed E-state index contributed by atoms with van der Waals surface area (Å²) < 4.78 is 0. The van der Waals surface area contributed by atoms with Crippen molar-refractivity contribution in [3.63, 3.8) is 0 Å². The molecule has 2 N–H and O–H groups in total. The quantitative estimate of drug-likeness (QED) is 0.372. The standard InChI is InChI=1S/C7H12ClN3/c1-2-3-10-4-7(8)5-11-6-9/h4-6,9-10H,2-3H2,1H3/b7-4-,9-6?,11-5-. The van der Waals surface area contributed by atoms with Crippen LogP contribution in [0.3, 0.4) is 0 Å². The molecule has 0 bridgehead atoms. The number of nitrogens with one attached hydrogen (secondary N) is 2. The Morgan fingerprint density at radius 3 is 3.00 bits per heavy atom. The number of allylic oxidation sites excluding steroid dienone is 1. The highest BCUT2D eigenvalue weighted by Crippen LogP contribution is 1.93. The molecular weight excluding hydrogens is 162 g/mol. The van der Waals surface area contributed by atoms with E-state index in [1.807, 2.05) is 0 Å². The molecular formula is C7H12ClN3. The topological polar surface area (TPSA) is 48.2 Å². The first-order valence-corrected chi connectivity index (χ1v) is 3.80. The highest BCUT2D eigenvalue weighted by Gasteiger charge is 1.82. The molecule has 0 aliphatic heterocycles. The van der Waals surface area contributed by atoms with Crippen molar-refractivity contribution in [2.24, 2.45) is 4.99 Å². The van der Waals surface area contributed by atoms with Crippen molar-refractivity contribution in [2.75, 3.05) is 6.54 Å². The Morgan fingerprint density at radius 1 is 1.73 bits per heavy atom. The summed E-state index contributed by atoms with van der Waals surface area (Å²) in [5, 5.41) is 10.1. The lowest BCUT2D eigenvalue weighted by atomic mass is 10.5. The molecule has 0 amide bonds. The van der Waals surface area contributed by atoms with E-state index in [2.05, 4.69) is 17.2 Å². The number of rotatable bonds is 5. The van der Waals surface area contributed by atoms with Gasteiger partial charge in [0.2, 0.25) is 0 Å². The van der Waals surface area contributed by atoms with E-state index in [0.717, 1.165) is 19.3 Å². The lowest BCUT2D eigenvalue weighted by Crippen LogP contribution is -2.05. The van der Waals surface area contributed by atoms with Crippen LogP contribution in [0, 0.1) is 5.41 Å². The molecule has 3 nitrogen and oxygen atoms in total. The van der Waals surface area contributed by atoms with E-state index >= 15 is 0 Å². The summed E-state index contributed by atoms with van der Waals surface area (Å²) in [5.74, 6) is 0. The summed E-state index contributed by atoms with van der Waals surface area (Å²) in [6.07, 6.45) is 5.08. The van der Waals surface area contributed by atoms with Crippen molar-refractivity contribution in [2.45, 2.75) is 13.3 Å². The van der Waals surface area contributed by atoms with E-state index in [4.69, 9.17) is 17.0 Å². The van der Waals surface area contributed by atoms with Crippen LogP contribution in [0.25, 0.3) is 0 Å². The Labute approximate surface area is 71.7 Å². The molecule has 0 radical (unpaired) electrons. The van der Waals surface area contributed by atoms with Gasteiger partial charge >= 0.3 is 0 Å². The average Bonchev–Trinajstić information content (AvgIpc) is 2.01. The largest absolute Gasteiger partial charge is 0.390 e. The second kappa shape index (κ2) is 7.28. The number of nitrogens with zero attached hydrogens (tertiary/aromatic N) is 1. The molecule has 0 saturated carbocycles. The van der Waals surface area contributed by atoms with Crippen molar-refractivity contribution in [1.29, 1.82) is 5.41 Å². The predicted octanol–water partition coefficient (Wildman–Crippen LogP) is 1.74. The summed E-state index contributed by atoms with van der Waals surface area (Å²) in [6.45, 7) is 2.97. The van der Waals surface area contributed by atoms with Crippen molar-refractivity contribution in [3.8, 4) is 0 Å². The molecule has 0 aliphatic carbocycles. The van der Waals surface area contributed by atoms with Crippen LogP contribution < -0.4 is 5.32 Å². The fourth-order valence-electron chi connectivity index (χ4n) is 0.460. The van der Waals surface area contributed by atoms with Crippen molar-refractivity contribution in [3.05, 3.63) is 11.2 Å². The second-order valence-corrected chi connectivity index (χ2v) is 2.33. The summed E-state index contributed by atoms with van der Waals surface area (Å²) >= 11 is 5.64. The van der Waals surface area contributed by atoms with Gasteiger partial charge in [0.25, 0.3) is 0 Å². The van der Waals surface area contributed by atoms with Gasteiger partial charge < -0.3 is 5.32 Å². The molecule has 0 heterocycles. The Hall–Kier alpha value is -0.830. The normalized spacial score (nSPS) is 12.0. The third kappa shape index (κ3) is 7.06. The molecule has 4 heteroatoms. The molecule has 0 spiro atoms. The number of hydrogen-bond donors (Lipinski definition) is 2. The van der Waals surface area contributed by atoms with Gasteiger partial charge in [-0.3, -0.25) is 5.41 Å². The molecule has 0 fully saturated rings. The van der Waals surface area contributed by atoms with Crippen molar-refractivity contribution < 1.29 is 0 Å². The smallest absolute Gasteiger partial charge is 0.106 e. The maximum Gasteiger partial charge on any atom is 0.106 e. The van der Waals surface area contributed by atoms with E-state index in [0.29, 0.717) is 5.03 Å². The minimum atomic E-state index is 0.502. The fraction of sp³-hybridized carbons (Fsp3) is 0.429. The molecule has 0 atom stereocenters. The van der Waals surface area contributed by atoms with Crippen LogP contribution in [0.4, 0.5) is 0 Å². The van der Waals surface area contributed by atoms with Gasteiger partial charge in [-0.1, -0.05) is 18.5 Å². The molecule has 62 valence electrons. The van der Waals surface area contributed by atoms with Gasteiger partial charge in [-0.25, -0.2) is 4.99 Å². The lowest BCUT2D eigenvalue weighted by molar-refractivity contribution is 0.809. The molecule has 0 aromatic carbocycles. The zero-order chi connectivity index (χ0) is 8.53. The minimum absolute atomic E-state index is 0.502. The molecule has 0 rings (SSSR count). The first-order chi connectivity index (χ1) is 5.31. The minimum Gasteiger partial charge on any atom is -0.390 e. The summed E-state index contributed by atoms with van der Waals surface area (Å²) in [4.78, 5) is 3.53. The number of hydrogen-bond acceptors (Lipinski definition) is 2. The van der Waals surface area contributed by atoms with Crippen molar-refractivity contribution >= 4 is 24.2 Å². The molecule has 0 aromatic rings. The maximum absolute atomic E-state index is 6.58. The molecule has 0 unspecified atom stereocenters. The summed E-state index contributed by atoms with van der Waals surface area (Å²) in [5.41, 5.74) is 0. The molecule has 11 heavy (non-hydrogen) atoms. The molecule has 0 aromatic heterocycles. The highest BCUT2D eigenvalue weighted by atomic mass is 35.5. The number of aliphatic imine (C=N–C) groups is 1. The first-order valence-electron chi connectivity index (χ1n) is 3.42. The van der Waals surface area contributed by atoms with Crippen molar-refractivity contribution in [1.82, 2.24) is 5.32 Å². The first kappa shape index (κ1) is 10.2. The third-order valence-corrected chi connectivity index (χ3v) is 1.11. The zero-order valence-corrected chi connectivity index (χ0v) is 7.23. The Bertz CT molecular complexity index is 163. The summed E-state index contributed by atoms with van der Waals surface area (Å²) in [6, 6.07) is 0.